The summed E-state index contributed by atoms with van der Waals surface area (Å²) in [7, 11) is 1.72. The molecule has 0 unspecified atom stereocenters. The fourth-order valence-corrected chi connectivity index (χ4v) is 3.55. The second-order valence-electron chi connectivity index (χ2n) is 5.74. The minimum absolute atomic E-state index is 0.305. The summed E-state index contributed by atoms with van der Waals surface area (Å²) in [4.78, 5) is 0. The quantitative estimate of drug-likeness (QED) is 0.849. The fourth-order valence-electron chi connectivity index (χ4n) is 3.55. The maximum atomic E-state index is 10.3. The lowest BCUT2D eigenvalue weighted by molar-refractivity contribution is -0.0660. The van der Waals surface area contributed by atoms with Crippen molar-refractivity contribution >= 4 is 0 Å². The number of ether oxygens (including phenoxy) is 1. The molecule has 2 nitrogen and oxygen atoms in total. The number of aliphatic hydroxyl groups is 1. The molecule has 17 heavy (non-hydrogen) atoms. The van der Waals surface area contributed by atoms with E-state index in [9.17, 15) is 5.11 Å². The monoisotopic (exact) mass is 232 g/mol. The molecule has 0 radical (unpaired) electrons. The summed E-state index contributed by atoms with van der Waals surface area (Å²) in [5.74, 6) is 0.947. The van der Waals surface area contributed by atoms with E-state index >= 15 is 0 Å². The molecule has 92 valence electrons. The maximum Gasteiger partial charge on any atom is 0.119 e. The Morgan fingerprint density at radius 3 is 2.29 bits per heavy atom. The zero-order valence-electron chi connectivity index (χ0n) is 10.4. The van der Waals surface area contributed by atoms with Gasteiger partial charge in [0.1, 0.15) is 5.75 Å². The van der Waals surface area contributed by atoms with Crippen LogP contribution in [0.25, 0.3) is 0 Å². The highest BCUT2D eigenvalue weighted by molar-refractivity contribution is 5.35. The molecule has 3 aliphatic carbocycles. The summed E-state index contributed by atoms with van der Waals surface area (Å²) >= 11 is 0. The molecule has 0 heterocycles. The van der Waals surface area contributed by atoms with E-state index in [2.05, 4.69) is 18.2 Å². The predicted octanol–water partition coefficient (Wildman–Crippen LogP) is 3.03. The van der Waals surface area contributed by atoms with E-state index < -0.39 is 0 Å². The molecule has 2 heteroatoms. The number of fused-ring (bicyclic) bond motifs is 3. The highest BCUT2D eigenvalue weighted by atomic mass is 16.5. The summed E-state index contributed by atoms with van der Waals surface area (Å²) in [6.45, 7) is 0. The molecular weight excluding hydrogens is 212 g/mol. The molecule has 0 saturated heterocycles. The van der Waals surface area contributed by atoms with Crippen molar-refractivity contribution in [3.8, 4) is 5.75 Å². The van der Waals surface area contributed by atoms with Crippen molar-refractivity contribution in [1.82, 2.24) is 0 Å². The molecule has 3 fully saturated rings. The SMILES string of the molecule is COc1cccc(C23CCC(O)(CC2)CC3)c1. The maximum absolute atomic E-state index is 10.3. The van der Waals surface area contributed by atoms with E-state index in [0.717, 1.165) is 44.3 Å². The fraction of sp³-hybridized carbons (Fsp3) is 0.600. The predicted molar refractivity (Wildman–Crippen MR) is 67.3 cm³/mol. The van der Waals surface area contributed by atoms with Gasteiger partial charge >= 0.3 is 0 Å². The number of hydrogen-bond donors (Lipinski definition) is 1. The molecule has 2 bridgehead atoms. The standard InChI is InChI=1S/C15H20O2/c1-17-13-4-2-3-12(11-13)14-5-8-15(16,9-6-14)10-7-14/h2-4,11,16H,5-10H2,1H3. The second-order valence-corrected chi connectivity index (χ2v) is 5.74. The van der Waals surface area contributed by atoms with Gasteiger partial charge in [0, 0.05) is 0 Å². The minimum Gasteiger partial charge on any atom is -0.497 e. The van der Waals surface area contributed by atoms with Crippen molar-refractivity contribution in [3.63, 3.8) is 0 Å². The first kappa shape index (κ1) is 11.1. The molecule has 1 aromatic rings. The molecule has 0 aromatic heterocycles. The van der Waals surface area contributed by atoms with Gasteiger partial charge in [-0.25, -0.2) is 0 Å². The van der Waals surface area contributed by atoms with Crippen molar-refractivity contribution in [1.29, 1.82) is 0 Å². The van der Waals surface area contributed by atoms with Gasteiger partial charge in [-0.2, -0.15) is 0 Å². The number of methoxy groups -OCH3 is 1. The zero-order chi connectivity index (χ0) is 11.9. The molecular formula is C15H20O2. The third-order valence-electron chi connectivity index (χ3n) is 4.89. The van der Waals surface area contributed by atoms with Crippen LogP contribution in [0.2, 0.25) is 0 Å². The Labute approximate surface area is 103 Å². The van der Waals surface area contributed by atoms with Gasteiger partial charge in [0.25, 0.3) is 0 Å². The smallest absolute Gasteiger partial charge is 0.119 e. The summed E-state index contributed by atoms with van der Waals surface area (Å²) in [5, 5.41) is 10.3. The Balaban J connectivity index is 1.93. The van der Waals surface area contributed by atoms with Crippen LogP contribution in [0, 0.1) is 0 Å². The van der Waals surface area contributed by atoms with Gasteiger partial charge in [-0.15, -0.1) is 0 Å². The summed E-state index contributed by atoms with van der Waals surface area (Å²) in [5.41, 5.74) is 1.36. The van der Waals surface area contributed by atoms with Crippen LogP contribution in [0.5, 0.6) is 5.75 Å². The van der Waals surface area contributed by atoms with Crippen LogP contribution in [-0.2, 0) is 5.41 Å². The van der Waals surface area contributed by atoms with E-state index in [1.54, 1.807) is 7.11 Å². The summed E-state index contributed by atoms with van der Waals surface area (Å²) in [6, 6.07) is 8.48. The third kappa shape index (κ3) is 1.75. The highest BCUT2D eigenvalue weighted by Crippen LogP contribution is 2.53. The van der Waals surface area contributed by atoms with Crippen LogP contribution in [-0.4, -0.2) is 17.8 Å². The normalized spacial score (nSPS) is 35.9. The molecule has 3 saturated carbocycles. The van der Waals surface area contributed by atoms with Crippen LogP contribution in [0.1, 0.15) is 44.1 Å². The van der Waals surface area contributed by atoms with E-state index in [1.807, 2.05) is 6.07 Å². The molecule has 0 amide bonds. The molecule has 0 spiro atoms. The Bertz CT molecular complexity index is 400. The number of benzene rings is 1. The zero-order valence-corrected chi connectivity index (χ0v) is 10.4. The Morgan fingerprint density at radius 2 is 1.71 bits per heavy atom. The van der Waals surface area contributed by atoms with Crippen molar-refractivity contribution in [2.24, 2.45) is 0 Å². The average Bonchev–Trinajstić information content (AvgIpc) is 2.40. The number of rotatable bonds is 2. The van der Waals surface area contributed by atoms with Gasteiger partial charge in [0.2, 0.25) is 0 Å². The largest absolute Gasteiger partial charge is 0.497 e. The van der Waals surface area contributed by atoms with Gasteiger partial charge < -0.3 is 9.84 Å². The van der Waals surface area contributed by atoms with Crippen molar-refractivity contribution in [3.05, 3.63) is 29.8 Å². The first-order chi connectivity index (χ1) is 8.16. The molecule has 0 atom stereocenters. The van der Waals surface area contributed by atoms with Gasteiger partial charge in [-0.3, -0.25) is 0 Å². The van der Waals surface area contributed by atoms with E-state index in [-0.39, 0.29) is 5.60 Å². The topological polar surface area (TPSA) is 29.5 Å². The molecule has 4 rings (SSSR count). The van der Waals surface area contributed by atoms with E-state index in [0.29, 0.717) is 5.41 Å². The van der Waals surface area contributed by atoms with Crippen molar-refractivity contribution in [2.45, 2.75) is 49.5 Å². The van der Waals surface area contributed by atoms with Gasteiger partial charge in [0.15, 0.2) is 0 Å². The highest BCUT2D eigenvalue weighted by Gasteiger charge is 2.48. The van der Waals surface area contributed by atoms with Gasteiger partial charge in [-0.05, 0) is 61.6 Å². The lowest BCUT2D eigenvalue weighted by Gasteiger charge is -2.51. The molecule has 0 aliphatic heterocycles. The van der Waals surface area contributed by atoms with Gasteiger partial charge in [-0.1, -0.05) is 12.1 Å². The average molecular weight is 232 g/mol. The molecule has 1 aromatic carbocycles. The minimum atomic E-state index is -0.347. The van der Waals surface area contributed by atoms with E-state index in [1.165, 1.54) is 5.56 Å². The van der Waals surface area contributed by atoms with Crippen molar-refractivity contribution < 1.29 is 9.84 Å². The number of hydrogen-bond acceptors (Lipinski definition) is 2. The van der Waals surface area contributed by atoms with Crippen LogP contribution in [0.4, 0.5) is 0 Å². The first-order valence-corrected chi connectivity index (χ1v) is 6.53. The van der Waals surface area contributed by atoms with Gasteiger partial charge in [0.05, 0.1) is 12.7 Å². The summed E-state index contributed by atoms with van der Waals surface area (Å²) in [6.07, 6.45) is 6.25. The first-order valence-electron chi connectivity index (χ1n) is 6.53. The Hall–Kier alpha value is -1.02. The molecule has 3 aliphatic rings. The van der Waals surface area contributed by atoms with E-state index in [4.69, 9.17) is 4.74 Å². The second kappa shape index (κ2) is 3.74. The van der Waals surface area contributed by atoms with Crippen LogP contribution < -0.4 is 4.74 Å². The Kier molecular flexibility index (Phi) is 2.44. The molecule has 1 N–H and O–H groups in total. The van der Waals surface area contributed by atoms with Crippen molar-refractivity contribution in [2.75, 3.05) is 7.11 Å². The lowest BCUT2D eigenvalue weighted by atomic mass is 9.56. The lowest BCUT2D eigenvalue weighted by Crippen LogP contribution is -2.48. The van der Waals surface area contributed by atoms with Crippen LogP contribution in [0.15, 0.2) is 24.3 Å². The van der Waals surface area contributed by atoms with Crippen LogP contribution in [0.3, 0.4) is 0 Å². The Morgan fingerprint density at radius 1 is 1.06 bits per heavy atom. The third-order valence-corrected chi connectivity index (χ3v) is 4.89. The van der Waals surface area contributed by atoms with Crippen LogP contribution >= 0.6 is 0 Å². The summed E-state index contributed by atoms with van der Waals surface area (Å²) < 4.78 is 5.32.